The van der Waals surface area contributed by atoms with E-state index < -0.39 is 0 Å². The fourth-order valence-electron chi connectivity index (χ4n) is 2.75. The number of hydrogen-bond donors (Lipinski definition) is 1. The van der Waals surface area contributed by atoms with E-state index in [1.54, 1.807) is 0 Å². The van der Waals surface area contributed by atoms with Crippen LogP contribution in [-0.2, 0) is 6.42 Å². The highest BCUT2D eigenvalue weighted by Crippen LogP contribution is 2.21. The molecule has 1 aromatic heterocycles. The van der Waals surface area contributed by atoms with Crippen LogP contribution >= 0.6 is 0 Å². The third kappa shape index (κ3) is 6.51. The summed E-state index contributed by atoms with van der Waals surface area (Å²) in [6, 6.07) is 2.28. The van der Waals surface area contributed by atoms with E-state index in [0.29, 0.717) is 0 Å². The SMILES string of the molecule is CCCCCCCCCCC(N)c1ccncc1CC. The molecule has 0 aliphatic heterocycles. The van der Waals surface area contributed by atoms with Gasteiger partial charge in [0.15, 0.2) is 0 Å². The average Bonchev–Trinajstić information content (AvgIpc) is 2.49. The van der Waals surface area contributed by atoms with E-state index >= 15 is 0 Å². The molecule has 0 fully saturated rings. The van der Waals surface area contributed by atoms with E-state index in [9.17, 15) is 0 Å². The highest BCUT2D eigenvalue weighted by Gasteiger charge is 2.09. The summed E-state index contributed by atoms with van der Waals surface area (Å²) in [5.41, 5.74) is 8.93. The lowest BCUT2D eigenvalue weighted by molar-refractivity contribution is 0.534. The molecule has 0 bridgehead atoms. The van der Waals surface area contributed by atoms with E-state index in [4.69, 9.17) is 5.73 Å². The Kier molecular flexibility index (Phi) is 9.31. The molecular weight excluding hydrogens is 244 g/mol. The van der Waals surface area contributed by atoms with E-state index in [-0.39, 0.29) is 6.04 Å². The average molecular weight is 276 g/mol. The molecule has 0 saturated carbocycles. The molecular formula is C18H32N2. The van der Waals surface area contributed by atoms with Crippen molar-refractivity contribution in [3.05, 3.63) is 29.6 Å². The lowest BCUT2D eigenvalue weighted by atomic mass is 9.96. The summed E-state index contributed by atoms with van der Waals surface area (Å²) in [7, 11) is 0. The summed E-state index contributed by atoms with van der Waals surface area (Å²) in [5.74, 6) is 0. The second kappa shape index (κ2) is 10.8. The molecule has 1 rings (SSSR count). The van der Waals surface area contributed by atoms with Crippen LogP contribution in [0.3, 0.4) is 0 Å². The van der Waals surface area contributed by atoms with Gasteiger partial charge in [0.2, 0.25) is 0 Å². The summed E-state index contributed by atoms with van der Waals surface area (Å²) in [5, 5.41) is 0. The minimum atomic E-state index is 0.188. The van der Waals surface area contributed by atoms with E-state index in [2.05, 4.69) is 24.9 Å². The Morgan fingerprint density at radius 2 is 1.65 bits per heavy atom. The molecule has 2 nitrogen and oxygen atoms in total. The Morgan fingerprint density at radius 3 is 2.30 bits per heavy atom. The maximum absolute atomic E-state index is 6.32. The summed E-state index contributed by atoms with van der Waals surface area (Å²) in [4.78, 5) is 4.19. The molecule has 1 heterocycles. The quantitative estimate of drug-likeness (QED) is 0.566. The maximum Gasteiger partial charge on any atom is 0.0303 e. The van der Waals surface area contributed by atoms with Crippen LogP contribution in [0.1, 0.15) is 88.8 Å². The molecule has 2 N–H and O–H groups in total. The van der Waals surface area contributed by atoms with Gasteiger partial charge in [0.25, 0.3) is 0 Å². The van der Waals surface area contributed by atoms with E-state index in [1.807, 2.05) is 12.4 Å². The van der Waals surface area contributed by atoms with Crippen molar-refractivity contribution in [2.45, 2.75) is 84.1 Å². The monoisotopic (exact) mass is 276 g/mol. The largest absolute Gasteiger partial charge is 0.324 e. The van der Waals surface area contributed by atoms with Crippen molar-refractivity contribution in [3.8, 4) is 0 Å². The Bertz CT molecular complexity index is 349. The molecule has 20 heavy (non-hydrogen) atoms. The fraction of sp³-hybridized carbons (Fsp3) is 0.722. The summed E-state index contributed by atoms with van der Waals surface area (Å²) in [6.45, 7) is 4.44. The van der Waals surface area contributed by atoms with Crippen LogP contribution in [-0.4, -0.2) is 4.98 Å². The first-order valence-electron chi connectivity index (χ1n) is 8.48. The van der Waals surface area contributed by atoms with Gasteiger partial charge in [-0.05, 0) is 30.0 Å². The van der Waals surface area contributed by atoms with Crippen molar-refractivity contribution < 1.29 is 0 Å². The van der Waals surface area contributed by atoms with Crippen molar-refractivity contribution in [2.24, 2.45) is 5.73 Å². The van der Waals surface area contributed by atoms with E-state index in [0.717, 1.165) is 12.8 Å². The predicted octanol–water partition coefficient (Wildman–Crippen LogP) is 5.17. The van der Waals surface area contributed by atoms with Gasteiger partial charge in [0, 0.05) is 18.4 Å². The van der Waals surface area contributed by atoms with Gasteiger partial charge in [-0.25, -0.2) is 0 Å². The summed E-state index contributed by atoms with van der Waals surface area (Å²) >= 11 is 0. The van der Waals surface area contributed by atoms with Gasteiger partial charge in [-0.2, -0.15) is 0 Å². The third-order valence-electron chi connectivity index (χ3n) is 4.09. The summed E-state index contributed by atoms with van der Waals surface area (Å²) in [6.07, 6.45) is 16.8. The van der Waals surface area contributed by atoms with Crippen LogP contribution < -0.4 is 5.73 Å². The fourth-order valence-corrected chi connectivity index (χ4v) is 2.75. The number of pyridine rings is 1. The molecule has 114 valence electrons. The van der Waals surface area contributed by atoms with Crippen LogP contribution in [0.25, 0.3) is 0 Å². The number of aryl methyl sites for hydroxylation is 1. The molecule has 1 aromatic rings. The van der Waals surface area contributed by atoms with Crippen LogP contribution in [0.2, 0.25) is 0 Å². The van der Waals surface area contributed by atoms with Crippen LogP contribution in [0.4, 0.5) is 0 Å². The van der Waals surface area contributed by atoms with Crippen molar-refractivity contribution in [3.63, 3.8) is 0 Å². The number of aromatic nitrogens is 1. The summed E-state index contributed by atoms with van der Waals surface area (Å²) < 4.78 is 0. The lowest BCUT2D eigenvalue weighted by Gasteiger charge is -2.15. The van der Waals surface area contributed by atoms with Crippen LogP contribution in [0.5, 0.6) is 0 Å². The Labute approximate surface area is 125 Å². The first-order valence-corrected chi connectivity index (χ1v) is 8.48. The topological polar surface area (TPSA) is 38.9 Å². The zero-order valence-electron chi connectivity index (χ0n) is 13.4. The molecule has 1 unspecified atom stereocenters. The molecule has 2 heteroatoms. The number of rotatable bonds is 11. The Balaban J connectivity index is 2.15. The number of nitrogens with two attached hydrogens (primary N) is 1. The second-order valence-corrected chi connectivity index (χ2v) is 5.80. The molecule has 0 spiro atoms. The van der Waals surface area contributed by atoms with Gasteiger partial charge >= 0.3 is 0 Å². The molecule has 0 radical (unpaired) electrons. The Hall–Kier alpha value is -0.890. The second-order valence-electron chi connectivity index (χ2n) is 5.80. The van der Waals surface area contributed by atoms with Gasteiger partial charge in [-0.3, -0.25) is 4.98 Å². The zero-order chi connectivity index (χ0) is 14.6. The molecule has 0 saturated heterocycles. The number of hydrogen-bond acceptors (Lipinski definition) is 2. The smallest absolute Gasteiger partial charge is 0.0303 e. The minimum absolute atomic E-state index is 0.188. The van der Waals surface area contributed by atoms with Gasteiger partial charge in [0.1, 0.15) is 0 Å². The molecule has 0 aromatic carbocycles. The van der Waals surface area contributed by atoms with Gasteiger partial charge in [-0.15, -0.1) is 0 Å². The van der Waals surface area contributed by atoms with Gasteiger partial charge in [-0.1, -0.05) is 65.2 Å². The van der Waals surface area contributed by atoms with Gasteiger partial charge < -0.3 is 5.73 Å². The predicted molar refractivity (Wildman–Crippen MR) is 87.8 cm³/mol. The molecule has 1 atom stereocenters. The minimum Gasteiger partial charge on any atom is -0.324 e. The highest BCUT2D eigenvalue weighted by atomic mass is 14.7. The molecule has 0 aliphatic carbocycles. The lowest BCUT2D eigenvalue weighted by Crippen LogP contribution is -2.12. The van der Waals surface area contributed by atoms with Gasteiger partial charge in [0.05, 0.1) is 0 Å². The van der Waals surface area contributed by atoms with Crippen molar-refractivity contribution in [2.75, 3.05) is 0 Å². The number of nitrogens with zero attached hydrogens (tertiary/aromatic N) is 1. The van der Waals surface area contributed by atoms with Crippen LogP contribution in [0, 0.1) is 0 Å². The molecule has 0 amide bonds. The first-order chi connectivity index (χ1) is 9.79. The highest BCUT2D eigenvalue weighted by molar-refractivity contribution is 5.26. The van der Waals surface area contributed by atoms with Crippen LogP contribution in [0.15, 0.2) is 18.5 Å². The van der Waals surface area contributed by atoms with Crippen molar-refractivity contribution >= 4 is 0 Å². The Morgan fingerprint density at radius 1 is 1.00 bits per heavy atom. The van der Waals surface area contributed by atoms with Crippen molar-refractivity contribution in [1.29, 1.82) is 0 Å². The van der Waals surface area contributed by atoms with E-state index in [1.165, 1.54) is 62.5 Å². The van der Waals surface area contributed by atoms with Crippen molar-refractivity contribution in [1.82, 2.24) is 4.98 Å². The normalized spacial score (nSPS) is 12.6. The number of unbranched alkanes of at least 4 members (excludes halogenated alkanes) is 7. The zero-order valence-corrected chi connectivity index (χ0v) is 13.4. The third-order valence-corrected chi connectivity index (χ3v) is 4.09. The molecule has 0 aliphatic rings. The standard InChI is InChI=1S/C18H32N2/c1-3-5-6-7-8-9-10-11-12-18(19)17-13-14-20-15-16(17)4-2/h13-15,18H,3-12,19H2,1-2H3. The first kappa shape index (κ1) is 17.2. The maximum atomic E-state index is 6.32.